The van der Waals surface area contributed by atoms with Gasteiger partial charge in [0.15, 0.2) is 0 Å². The number of ether oxygens (including phenoxy) is 1. The average molecular weight is 364 g/mol. The van der Waals surface area contributed by atoms with Crippen LogP contribution in [0.4, 0.5) is 4.39 Å². The Kier molecular flexibility index (Phi) is 5.08. The molecule has 0 amide bonds. The van der Waals surface area contributed by atoms with Crippen molar-refractivity contribution in [3.05, 3.63) is 63.4 Å². The van der Waals surface area contributed by atoms with Crippen LogP contribution in [0.25, 0.3) is 0 Å². The van der Waals surface area contributed by atoms with Gasteiger partial charge in [-0.25, -0.2) is 4.39 Å². The first-order valence-corrected chi connectivity index (χ1v) is 7.38. The molecule has 0 N–H and O–H groups in total. The van der Waals surface area contributed by atoms with Crippen molar-refractivity contribution in [2.24, 2.45) is 0 Å². The van der Waals surface area contributed by atoms with E-state index in [1.54, 1.807) is 24.3 Å². The molecule has 0 saturated carbocycles. The molecular formula is C14H10BrCl2FO. The summed E-state index contributed by atoms with van der Waals surface area (Å²) in [7, 11) is 0. The molecule has 0 heterocycles. The third-order valence-corrected chi connectivity index (χ3v) is 3.73. The Morgan fingerprint density at radius 3 is 2.58 bits per heavy atom. The second kappa shape index (κ2) is 6.60. The van der Waals surface area contributed by atoms with Gasteiger partial charge in [-0.05, 0) is 29.8 Å². The molecule has 100 valence electrons. The number of hydrogen-bond donors (Lipinski definition) is 0. The van der Waals surface area contributed by atoms with Crippen molar-refractivity contribution in [3.63, 3.8) is 0 Å². The molecule has 0 fully saturated rings. The van der Waals surface area contributed by atoms with Gasteiger partial charge < -0.3 is 4.74 Å². The lowest BCUT2D eigenvalue weighted by Gasteiger charge is -2.09. The van der Waals surface area contributed by atoms with E-state index in [1.807, 2.05) is 0 Å². The SMILES string of the molecule is Fc1cc(CBr)cc(OCc2ccc(Cl)cc2Cl)c1. The standard InChI is InChI=1S/C14H10BrCl2FO/c15-7-9-3-12(18)6-13(4-9)19-8-10-1-2-11(16)5-14(10)17/h1-6H,7-8H2. The van der Waals surface area contributed by atoms with Gasteiger partial charge in [0.2, 0.25) is 0 Å². The molecule has 0 saturated heterocycles. The Morgan fingerprint density at radius 1 is 1.11 bits per heavy atom. The molecule has 0 aromatic heterocycles. The van der Waals surface area contributed by atoms with E-state index in [0.717, 1.165) is 11.1 Å². The monoisotopic (exact) mass is 362 g/mol. The van der Waals surface area contributed by atoms with Crippen molar-refractivity contribution in [2.75, 3.05) is 0 Å². The Labute approximate surface area is 129 Å². The lowest BCUT2D eigenvalue weighted by atomic mass is 10.2. The molecule has 0 bridgehead atoms. The molecule has 0 aliphatic heterocycles. The summed E-state index contributed by atoms with van der Waals surface area (Å²) in [6.45, 7) is 0.265. The first-order valence-electron chi connectivity index (χ1n) is 5.50. The van der Waals surface area contributed by atoms with Crippen molar-refractivity contribution in [1.82, 2.24) is 0 Å². The largest absolute Gasteiger partial charge is 0.489 e. The summed E-state index contributed by atoms with van der Waals surface area (Å²) in [6, 6.07) is 9.75. The van der Waals surface area contributed by atoms with Gasteiger partial charge in [-0.3, -0.25) is 0 Å². The summed E-state index contributed by atoms with van der Waals surface area (Å²) < 4.78 is 18.9. The van der Waals surface area contributed by atoms with Crippen molar-refractivity contribution in [3.8, 4) is 5.75 Å². The van der Waals surface area contributed by atoms with E-state index < -0.39 is 0 Å². The van der Waals surface area contributed by atoms with Crippen molar-refractivity contribution >= 4 is 39.1 Å². The molecule has 19 heavy (non-hydrogen) atoms. The second-order valence-corrected chi connectivity index (χ2v) is 5.36. The lowest BCUT2D eigenvalue weighted by molar-refractivity contribution is 0.304. The van der Waals surface area contributed by atoms with E-state index in [1.165, 1.54) is 12.1 Å². The summed E-state index contributed by atoms with van der Waals surface area (Å²) in [5.74, 6) is 0.148. The molecule has 0 unspecified atom stereocenters. The van der Waals surface area contributed by atoms with Crippen LogP contribution in [-0.4, -0.2) is 0 Å². The fourth-order valence-electron chi connectivity index (χ4n) is 1.58. The minimum absolute atomic E-state index is 0.265. The highest BCUT2D eigenvalue weighted by Gasteiger charge is 2.05. The number of benzene rings is 2. The zero-order valence-corrected chi connectivity index (χ0v) is 12.9. The summed E-state index contributed by atoms with van der Waals surface area (Å²) in [5, 5.41) is 1.67. The van der Waals surface area contributed by atoms with Gasteiger partial charge in [-0.15, -0.1) is 0 Å². The maximum absolute atomic E-state index is 13.3. The first-order chi connectivity index (χ1) is 9.08. The molecule has 0 aliphatic carbocycles. The molecule has 0 aliphatic rings. The molecule has 0 spiro atoms. The van der Waals surface area contributed by atoms with Crippen LogP contribution in [0.15, 0.2) is 36.4 Å². The Hall–Kier alpha value is -0.770. The quantitative estimate of drug-likeness (QED) is 0.642. The van der Waals surface area contributed by atoms with Gasteiger partial charge in [0.25, 0.3) is 0 Å². The number of rotatable bonds is 4. The van der Waals surface area contributed by atoms with Gasteiger partial charge in [0.1, 0.15) is 18.2 Å². The van der Waals surface area contributed by atoms with Gasteiger partial charge in [-0.2, -0.15) is 0 Å². The van der Waals surface area contributed by atoms with Crippen LogP contribution >= 0.6 is 39.1 Å². The van der Waals surface area contributed by atoms with Crippen LogP contribution in [0.2, 0.25) is 10.0 Å². The van der Waals surface area contributed by atoms with E-state index in [9.17, 15) is 4.39 Å². The first kappa shape index (κ1) is 14.6. The molecule has 0 atom stereocenters. The highest BCUT2D eigenvalue weighted by molar-refractivity contribution is 9.08. The predicted molar refractivity (Wildman–Crippen MR) is 79.8 cm³/mol. The van der Waals surface area contributed by atoms with Crippen LogP contribution in [0.1, 0.15) is 11.1 Å². The Morgan fingerprint density at radius 2 is 1.89 bits per heavy atom. The van der Waals surface area contributed by atoms with Crippen LogP contribution in [-0.2, 0) is 11.9 Å². The van der Waals surface area contributed by atoms with E-state index in [2.05, 4.69) is 15.9 Å². The summed E-state index contributed by atoms with van der Waals surface area (Å²) in [5.41, 5.74) is 1.62. The molecular weight excluding hydrogens is 354 g/mol. The fourth-order valence-corrected chi connectivity index (χ4v) is 2.37. The van der Waals surface area contributed by atoms with E-state index in [0.29, 0.717) is 21.1 Å². The maximum Gasteiger partial charge on any atom is 0.127 e. The van der Waals surface area contributed by atoms with E-state index in [-0.39, 0.29) is 12.4 Å². The van der Waals surface area contributed by atoms with Crippen molar-refractivity contribution in [2.45, 2.75) is 11.9 Å². The van der Waals surface area contributed by atoms with E-state index >= 15 is 0 Å². The highest BCUT2D eigenvalue weighted by Crippen LogP contribution is 2.24. The molecule has 1 nitrogen and oxygen atoms in total. The summed E-state index contributed by atoms with van der Waals surface area (Å²) >= 11 is 15.1. The third-order valence-electron chi connectivity index (χ3n) is 2.49. The Balaban J connectivity index is 2.12. The predicted octanol–water partition coefficient (Wildman–Crippen LogP) is 5.61. The van der Waals surface area contributed by atoms with Crippen LogP contribution < -0.4 is 4.74 Å². The van der Waals surface area contributed by atoms with Crippen molar-refractivity contribution < 1.29 is 9.13 Å². The van der Waals surface area contributed by atoms with Gasteiger partial charge in [0.05, 0.1) is 0 Å². The van der Waals surface area contributed by atoms with Crippen LogP contribution in [0.3, 0.4) is 0 Å². The third kappa shape index (κ3) is 4.10. The molecule has 2 aromatic rings. The summed E-state index contributed by atoms with van der Waals surface area (Å²) in [6.07, 6.45) is 0. The molecule has 0 radical (unpaired) electrons. The molecule has 5 heteroatoms. The highest BCUT2D eigenvalue weighted by atomic mass is 79.9. The van der Waals surface area contributed by atoms with Gasteiger partial charge in [0, 0.05) is 27.0 Å². The zero-order valence-electron chi connectivity index (χ0n) is 9.80. The zero-order chi connectivity index (χ0) is 13.8. The van der Waals surface area contributed by atoms with Crippen LogP contribution in [0, 0.1) is 5.82 Å². The van der Waals surface area contributed by atoms with Crippen molar-refractivity contribution in [1.29, 1.82) is 0 Å². The Bertz CT molecular complexity index is 590. The molecule has 2 rings (SSSR count). The summed E-state index contributed by atoms with van der Waals surface area (Å²) in [4.78, 5) is 0. The van der Waals surface area contributed by atoms with Gasteiger partial charge >= 0.3 is 0 Å². The number of alkyl halides is 1. The van der Waals surface area contributed by atoms with E-state index in [4.69, 9.17) is 27.9 Å². The lowest BCUT2D eigenvalue weighted by Crippen LogP contribution is -1.97. The minimum Gasteiger partial charge on any atom is -0.489 e. The van der Waals surface area contributed by atoms with Gasteiger partial charge in [-0.1, -0.05) is 45.2 Å². The minimum atomic E-state index is -0.325. The molecule has 2 aromatic carbocycles. The normalized spacial score (nSPS) is 10.5. The maximum atomic E-state index is 13.3. The smallest absolute Gasteiger partial charge is 0.127 e. The second-order valence-electron chi connectivity index (χ2n) is 3.95. The van der Waals surface area contributed by atoms with Crippen LogP contribution in [0.5, 0.6) is 5.75 Å². The topological polar surface area (TPSA) is 9.23 Å². The fraction of sp³-hybridized carbons (Fsp3) is 0.143. The number of halogens is 4. The number of hydrogen-bond acceptors (Lipinski definition) is 1. The average Bonchev–Trinajstić information content (AvgIpc) is 2.37.